The molecular formula is C25H28N8O. The largest absolute Gasteiger partial charge is 0.324 e. The summed E-state index contributed by atoms with van der Waals surface area (Å²) >= 11 is 0. The van der Waals surface area contributed by atoms with Crippen LogP contribution in [0.4, 0.5) is 11.6 Å². The van der Waals surface area contributed by atoms with Gasteiger partial charge in [-0.3, -0.25) is 9.48 Å². The summed E-state index contributed by atoms with van der Waals surface area (Å²) in [5.74, 6) is 1.21. The van der Waals surface area contributed by atoms with E-state index in [1.165, 1.54) is 11.1 Å². The molecule has 0 radical (unpaired) electrons. The van der Waals surface area contributed by atoms with E-state index in [2.05, 4.69) is 47.7 Å². The van der Waals surface area contributed by atoms with Crippen LogP contribution in [-0.2, 0) is 12.0 Å². The minimum atomic E-state index is -0.0490. The molecule has 34 heavy (non-hydrogen) atoms. The van der Waals surface area contributed by atoms with E-state index in [9.17, 15) is 4.79 Å². The minimum Gasteiger partial charge on any atom is -0.324 e. The lowest BCUT2D eigenvalue weighted by Gasteiger charge is -2.33. The Labute approximate surface area is 196 Å². The van der Waals surface area contributed by atoms with E-state index in [1.54, 1.807) is 6.20 Å². The molecular weight excluding hydrogens is 428 g/mol. The van der Waals surface area contributed by atoms with Gasteiger partial charge >= 0.3 is 0 Å². The van der Waals surface area contributed by atoms with E-state index in [-0.39, 0.29) is 17.0 Å². The van der Waals surface area contributed by atoms with Gasteiger partial charge in [0, 0.05) is 42.7 Å². The summed E-state index contributed by atoms with van der Waals surface area (Å²) in [6.45, 7) is 6.34. The topological polar surface area (TPSA) is 94.6 Å². The Kier molecular flexibility index (Phi) is 4.12. The van der Waals surface area contributed by atoms with E-state index in [1.807, 2.05) is 26.3 Å². The Morgan fingerprint density at radius 3 is 2.74 bits per heavy atom. The van der Waals surface area contributed by atoms with E-state index in [0.717, 1.165) is 50.3 Å². The Morgan fingerprint density at radius 1 is 1.12 bits per heavy atom. The Morgan fingerprint density at radius 2 is 1.94 bits per heavy atom. The molecule has 2 fully saturated rings. The van der Waals surface area contributed by atoms with Gasteiger partial charge in [-0.25, -0.2) is 14.3 Å². The Balaban J connectivity index is 1.30. The zero-order valence-corrected chi connectivity index (χ0v) is 19.5. The van der Waals surface area contributed by atoms with Crippen LogP contribution < -0.4 is 16.2 Å². The van der Waals surface area contributed by atoms with Crippen LogP contribution >= 0.6 is 0 Å². The molecule has 4 heterocycles. The number of hydrogen-bond acceptors (Lipinski definition) is 6. The van der Waals surface area contributed by atoms with Crippen molar-refractivity contribution in [3.8, 4) is 5.82 Å². The summed E-state index contributed by atoms with van der Waals surface area (Å²) in [5, 5.41) is 12.2. The fourth-order valence-corrected chi connectivity index (χ4v) is 5.12. The molecule has 9 heteroatoms. The zero-order valence-electron chi connectivity index (χ0n) is 19.5. The van der Waals surface area contributed by atoms with Gasteiger partial charge in [-0.05, 0) is 48.9 Å². The van der Waals surface area contributed by atoms with Crippen LogP contribution in [-0.4, -0.2) is 35.7 Å². The molecule has 2 saturated carbocycles. The number of nitrogens with one attached hydrogen (secondary N) is 2. The smallest absolute Gasteiger partial charge is 0.278 e. The molecule has 0 amide bonds. The highest BCUT2D eigenvalue weighted by molar-refractivity contribution is 5.77. The summed E-state index contributed by atoms with van der Waals surface area (Å²) in [4.78, 5) is 22.5. The first-order valence-electron chi connectivity index (χ1n) is 12.1. The number of anilines is 2. The second kappa shape index (κ2) is 7.02. The van der Waals surface area contributed by atoms with Crippen molar-refractivity contribution in [1.29, 1.82) is 0 Å². The van der Waals surface area contributed by atoms with Crippen LogP contribution in [0.15, 0.2) is 41.5 Å². The molecule has 9 nitrogen and oxygen atoms in total. The summed E-state index contributed by atoms with van der Waals surface area (Å²) in [7, 11) is 0. The van der Waals surface area contributed by atoms with Crippen molar-refractivity contribution in [3.05, 3.63) is 58.1 Å². The maximum absolute atomic E-state index is 13.2. The summed E-state index contributed by atoms with van der Waals surface area (Å²) in [5.41, 5.74) is 4.24. The Bertz CT molecular complexity index is 1480. The normalized spacial score (nSPS) is 19.4. The number of rotatable bonds is 5. The van der Waals surface area contributed by atoms with Crippen molar-refractivity contribution in [2.45, 2.75) is 63.6 Å². The van der Waals surface area contributed by atoms with Gasteiger partial charge in [0.05, 0.1) is 12.1 Å². The van der Waals surface area contributed by atoms with Gasteiger partial charge in [-0.1, -0.05) is 19.9 Å². The standard InChI is InChI=1S/C25H28N8O/c1-25(2)14-26-12-15-11-16(3-8-20(15)25)28-24-27-13-19-22(29-24)33(32(23(19)34)18-6-7-18)21-9-10-31(30-21)17-4-5-17/h3,8-11,13,17-18,26H,4-7,12,14H2,1-2H3,(H,27,28,29). The molecule has 7 rings (SSSR count). The molecule has 174 valence electrons. The number of hydrogen-bond donors (Lipinski definition) is 2. The van der Waals surface area contributed by atoms with Gasteiger partial charge in [0.15, 0.2) is 11.5 Å². The maximum Gasteiger partial charge on any atom is 0.278 e. The first-order valence-corrected chi connectivity index (χ1v) is 12.1. The van der Waals surface area contributed by atoms with E-state index in [4.69, 9.17) is 10.1 Å². The predicted molar refractivity (Wildman–Crippen MR) is 130 cm³/mol. The lowest BCUT2D eigenvalue weighted by Crippen LogP contribution is -2.38. The molecule has 3 aromatic heterocycles. The van der Waals surface area contributed by atoms with Gasteiger partial charge < -0.3 is 10.6 Å². The number of aromatic nitrogens is 6. The quantitative estimate of drug-likeness (QED) is 0.477. The maximum atomic E-state index is 13.2. The molecule has 4 aromatic rings. The number of nitrogens with zero attached hydrogens (tertiary/aromatic N) is 6. The van der Waals surface area contributed by atoms with Crippen molar-refractivity contribution < 1.29 is 0 Å². The minimum absolute atomic E-state index is 0.0490. The van der Waals surface area contributed by atoms with Gasteiger partial charge in [-0.15, -0.1) is 0 Å². The third-order valence-corrected chi connectivity index (χ3v) is 7.22. The summed E-state index contributed by atoms with van der Waals surface area (Å²) in [6.07, 6.45) is 7.96. The second-order valence-electron chi connectivity index (χ2n) is 10.5. The molecule has 3 aliphatic rings. The van der Waals surface area contributed by atoms with Crippen LogP contribution in [0.1, 0.15) is 62.7 Å². The van der Waals surface area contributed by atoms with E-state index < -0.39 is 0 Å². The summed E-state index contributed by atoms with van der Waals surface area (Å²) < 4.78 is 5.71. The molecule has 2 aliphatic carbocycles. The number of benzene rings is 1. The fraction of sp³-hybridized carbons (Fsp3) is 0.440. The number of fused-ring (bicyclic) bond motifs is 2. The lowest BCUT2D eigenvalue weighted by atomic mass is 9.79. The van der Waals surface area contributed by atoms with Gasteiger partial charge in [-0.2, -0.15) is 10.1 Å². The van der Waals surface area contributed by atoms with Crippen LogP contribution in [0.2, 0.25) is 0 Å². The van der Waals surface area contributed by atoms with Gasteiger partial charge in [0.1, 0.15) is 5.39 Å². The average Bonchev–Trinajstić information content (AvgIpc) is 3.75. The van der Waals surface area contributed by atoms with Gasteiger partial charge in [0.2, 0.25) is 5.95 Å². The molecule has 0 spiro atoms. The molecule has 0 saturated heterocycles. The highest BCUT2D eigenvalue weighted by Gasteiger charge is 2.32. The predicted octanol–water partition coefficient (Wildman–Crippen LogP) is 3.57. The summed E-state index contributed by atoms with van der Waals surface area (Å²) in [6, 6.07) is 9.09. The molecule has 1 aromatic carbocycles. The van der Waals surface area contributed by atoms with Crippen molar-refractivity contribution in [1.82, 2.24) is 34.4 Å². The van der Waals surface area contributed by atoms with E-state index in [0.29, 0.717) is 23.0 Å². The molecule has 0 bridgehead atoms. The van der Waals surface area contributed by atoms with Crippen LogP contribution in [0, 0.1) is 0 Å². The molecule has 2 N–H and O–H groups in total. The van der Waals surface area contributed by atoms with Crippen molar-refractivity contribution >= 4 is 22.7 Å². The molecule has 0 atom stereocenters. The highest BCUT2D eigenvalue weighted by atomic mass is 16.1. The molecule has 1 aliphatic heterocycles. The van der Waals surface area contributed by atoms with Gasteiger partial charge in [0.25, 0.3) is 5.56 Å². The lowest BCUT2D eigenvalue weighted by molar-refractivity contribution is 0.435. The Hall–Kier alpha value is -3.46. The second-order valence-corrected chi connectivity index (χ2v) is 10.5. The first-order chi connectivity index (χ1) is 16.5. The van der Waals surface area contributed by atoms with Crippen molar-refractivity contribution in [2.24, 2.45) is 0 Å². The fourth-order valence-electron chi connectivity index (χ4n) is 5.12. The average molecular weight is 457 g/mol. The monoisotopic (exact) mass is 456 g/mol. The van der Waals surface area contributed by atoms with Crippen LogP contribution in [0.25, 0.3) is 16.9 Å². The van der Waals surface area contributed by atoms with Crippen molar-refractivity contribution in [3.63, 3.8) is 0 Å². The zero-order chi connectivity index (χ0) is 23.0. The van der Waals surface area contributed by atoms with Crippen LogP contribution in [0.5, 0.6) is 0 Å². The first kappa shape index (κ1) is 20.0. The van der Waals surface area contributed by atoms with E-state index >= 15 is 0 Å². The van der Waals surface area contributed by atoms with Crippen LogP contribution in [0.3, 0.4) is 0 Å². The SMILES string of the molecule is CC1(C)CNCc2cc(Nc3ncc4c(=O)n(C5CC5)n(-c5ccn(C6CC6)n5)c4n3)ccc21. The third-order valence-electron chi connectivity index (χ3n) is 7.22. The van der Waals surface area contributed by atoms with Crippen molar-refractivity contribution in [2.75, 3.05) is 11.9 Å². The third kappa shape index (κ3) is 3.18. The highest BCUT2D eigenvalue weighted by Crippen LogP contribution is 2.37. The molecule has 0 unspecified atom stereocenters.